The monoisotopic (exact) mass is 934 g/mol. The van der Waals surface area contributed by atoms with Crippen molar-refractivity contribution in [2.75, 3.05) is 58.1 Å². The number of aryl methyl sites for hydroxylation is 1. The minimum Gasteiger partial charge on any atom is -0.392 e. The second-order valence-corrected chi connectivity index (χ2v) is 20.9. The molecule has 0 bridgehead atoms. The number of anilines is 6. The molecule has 5 aromatic rings. The second-order valence-electron chi connectivity index (χ2n) is 20.9. The van der Waals surface area contributed by atoms with E-state index in [4.69, 9.17) is 4.98 Å². The maximum atomic E-state index is 14.1. The summed E-state index contributed by atoms with van der Waals surface area (Å²) in [6, 6.07) is 16.4. The molecule has 7 heterocycles. The first kappa shape index (κ1) is 46.0. The molecule has 5 aliphatic rings. The Morgan fingerprint density at radius 3 is 2.51 bits per heavy atom. The van der Waals surface area contributed by atoms with Gasteiger partial charge < -0.3 is 40.0 Å². The van der Waals surface area contributed by atoms with Gasteiger partial charge in [0.1, 0.15) is 11.5 Å². The molecule has 1 aliphatic carbocycles. The molecule has 4 N–H and O–H groups in total. The highest BCUT2D eigenvalue weighted by Gasteiger charge is 2.41. The van der Waals surface area contributed by atoms with Crippen molar-refractivity contribution in [2.45, 2.75) is 104 Å². The summed E-state index contributed by atoms with van der Waals surface area (Å²) in [5, 5.41) is 20.3. The van der Waals surface area contributed by atoms with E-state index >= 15 is 0 Å². The predicted octanol–water partition coefficient (Wildman–Crippen LogP) is 6.34. The lowest BCUT2D eigenvalue weighted by atomic mass is 9.90. The second kappa shape index (κ2) is 17.3. The molecule has 360 valence electrons. The van der Waals surface area contributed by atoms with E-state index in [-0.39, 0.29) is 46.6 Å². The summed E-state index contributed by atoms with van der Waals surface area (Å²) in [6.45, 7) is 20.7. The van der Waals surface area contributed by atoms with Gasteiger partial charge >= 0.3 is 0 Å². The Kier molecular flexibility index (Phi) is 11.5. The van der Waals surface area contributed by atoms with E-state index in [0.29, 0.717) is 58.8 Å². The van der Waals surface area contributed by atoms with Crippen LogP contribution in [0.15, 0.2) is 78.4 Å². The molecule has 0 spiro atoms. The van der Waals surface area contributed by atoms with E-state index in [9.17, 15) is 24.3 Å². The van der Waals surface area contributed by atoms with Crippen molar-refractivity contribution in [3.05, 3.63) is 118 Å². The number of benzene rings is 2. The molecule has 69 heavy (non-hydrogen) atoms. The average molecular weight is 934 g/mol. The number of nitrogens with zero attached hydrogens (tertiary/aromatic N) is 8. The van der Waals surface area contributed by atoms with E-state index in [2.05, 4.69) is 107 Å². The molecule has 2 saturated heterocycles. The number of carbonyl (C=O) groups is 3. The van der Waals surface area contributed by atoms with E-state index in [1.54, 1.807) is 36.5 Å². The van der Waals surface area contributed by atoms with Crippen LogP contribution in [0, 0.1) is 5.41 Å². The molecule has 16 heteroatoms. The standard InChI is InChI=1S/C53H63N11O5/c1-9-45(66)56-39-25-34(13-14-41(39)62-20-19-60(28-32(62)3)35-16-18-61(31(2)23-35)42-12-10-11-38-46(42)49(67)58-53(38,6)7)55-47-51(69)59(8)29-40(57-47)36-15-17-54-48(37(36)30-65)64-22-21-63-43(50(64)68)24-33-26-52(4,5)27-44(33)63/h9-15,17,24-25,29,31-32,35,65H,1,16,18-23,26-28,30H2,2-8H3,(H,55,57)(H,56,66)(H,58,67)/t31-,32-,35?/m0/s1. The Hall–Kier alpha value is -6.78. The molecule has 3 atom stereocenters. The molecule has 0 radical (unpaired) electrons. The molecular weight excluding hydrogens is 871 g/mol. The smallest absolute Gasteiger partial charge is 0.293 e. The largest absolute Gasteiger partial charge is 0.392 e. The van der Waals surface area contributed by atoms with Crippen LogP contribution in [0.5, 0.6) is 0 Å². The van der Waals surface area contributed by atoms with Crippen LogP contribution in [0.25, 0.3) is 11.3 Å². The average Bonchev–Trinajstić information content (AvgIpc) is 3.90. The third kappa shape index (κ3) is 8.16. The predicted molar refractivity (Wildman–Crippen MR) is 270 cm³/mol. The molecule has 2 aromatic carbocycles. The fourth-order valence-electron chi connectivity index (χ4n) is 11.8. The molecule has 0 saturated carbocycles. The minimum atomic E-state index is -0.407. The lowest BCUT2D eigenvalue weighted by molar-refractivity contribution is -0.111. The molecular formula is C53H63N11O5. The number of piperidine rings is 1. The normalized spacial score (nSPS) is 21.7. The Balaban J connectivity index is 0.861. The first-order chi connectivity index (χ1) is 32.9. The molecule has 10 rings (SSSR count). The van der Waals surface area contributed by atoms with E-state index in [0.717, 1.165) is 74.4 Å². The highest BCUT2D eigenvalue weighted by Crippen LogP contribution is 2.42. The fraction of sp³-hybridized carbons (Fsp3) is 0.434. The number of piperazine rings is 1. The molecule has 2 fully saturated rings. The number of fused-ring (bicyclic) bond motifs is 4. The molecule has 3 aromatic heterocycles. The summed E-state index contributed by atoms with van der Waals surface area (Å²) in [6.07, 6.45) is 8.26. The van der Waals surface area contributed by atoms with Gasteiger partial charge in [-0.05, 0) is 112 Å². The van der Waals surface area contributed by atoms with Gasteiger partial charge in [0, 0.05) is 99.3 Å². The van der Waals surface area contributed by atoms with Crippen LogP contribution in [0.1, 0.15) is 97.6 Å². The summed E-state index contributed by atoms with van der Waals surface area (Å²) in [5.74, 6) is -0.127. The lowest BCUT2D eigenvalue weighted by Gasteiger charge is -2.48. The topological polar surface area (TPSA) is 173 Å². The molecule has 3 amide bonds. The van der Waals surface area contributed by atoms with Crippen molar-refractivity contribution in [1.29, 1.82) is 0 Å². The van der Waals surface area contributed by atoms with Crippen LogP contribution in [-0.4, -0.2) is 97.7 Å². The Morgan fingerprint density at radius 1 is 0.957 bits per heavy atom. The zero-order valence-electron chi connectivity index (χ0n) is 40.7. The molecule has 16 nitrogen and oxygen atoms in total. The summed E-state index contributed by atoms with van der Waals surface area (Å²) in [7, 11) is 1.64. The number of aliphatic hydroxyl groups excluding tert-OH is 1. The number of aromatic nitrogens is 4. The van der Waals surface area contributed by atoms with Gasteiger partial charge in [-0.1, -0.05) is 32.6 Å². The van der Waals surface area contributed by atoms with Gasteiger partial charge in [-0.2, -0.15) is 0 Å². The summed E-state index contributed by atoms with van der Waals surface area (Å²) < 4.78 is 3.58. The van der Waals surface area contributed by atoms with Gasteiger partial charge in [0.05, 0.1) is 40.5 Å². The number of hydrogen-bond acceptors (Lipinski definition) is 11. The zero-order valence-corrected chi connectivity index (χ0v) is 40.7. The Labute approximate surface area is 403 Å². The van der Waals surface area contributed by atoms with Crippen LogP contribution in [0.3, 0.4) is 0 Å². The van der Waals surface area contributed by atoms with Crippen molar-refractivity contribution >= 4 is 52.1 Å². The summed E-state index contributed by atoms with van der Waals surface area (Å²) >= 11 is 0. The molecule has 4 aliphatic heterocycles. The SMILES string of the molecule is C=CC(=O)Nc1cc(Nc2nc(-c3ccnc(N4CCn5c(cc6c5CC(C)(C)C6)C4=O)c3CO)cn(C)c2=O)ccc1N1CCN(C2CCN(c3cccc4c3C(=O)NC4(C)C)[C@@H](C)C2)C[C@@H]1C. The van der Waals surface area contributed by atoms with Crippen LogP contribution in [-0.2, 0) is 43.4 Å². The first-order valence-corrected chi connectivity index (χ1v) is 24.2. The zero-order chi connectivity index (χ0) is 48.7. The third-order valence-corrected chi connectivity index (χ3v) is 15.1. The number of aliphatic hydroxyl groups is 1. The first-order valence-electron chi connectivity index (χ1n) is 24.2. The maximum absolute atomic E-state index is 14.1. The molecule has 1 unspecified atom stereocenters. The highest BCUT2D eigenvalue weighted by molar-refractivity contribution is 6.07. The van der Waals surface area contributed by atoms with Crippen molar-refractivity contribution in [3.8, 4) is 11.3 Å². The maximum Gasteiger partial charge on any atom is 0.293 e. The number of rotatable bonds is 10. The van der Waals surface area contributed by atoms with Crippen LogP contribution < -0.4 is 36.2 Å². The van der Waals surface area contributed by atoms with E-state index < -0.39 is 12.1 Å². The van der Waals surface area contributed by atoms with Gasteiger partial charge in [-0.25, -0.2) is 9.97 Å². The van der Waals surface area contributed by atoms with Crippen LogP contribution >= 0.6 is 0 Å². The summed E-state index contributed by atoms with van der Waals surface area (Å²) in [5.41, 5.74) is 8.67. The third-order valence-electron chi connectivity index (χ3n) is 15.1. The number of pyridine rings is 1. The van der Waals surface area contributed by atoms with Gasteiger partial charge in [-0.3, -0.25) is 29.0 Å². The minimum absolute atomic E-state index is 0.00334. The van der Waals surface area contributed by atoms with Gasteiger partial charge in [0.2, 0.25) is 5.91 Å². The van der Waals surface area contributed by atoms with Crippen molar-refractivity contribution in [1.82, 2.24) is 29.3 Å². The number of nitrogens with one attached hydrogen (secondary N) is 3. The Bertz CT molecular complexity index is 2990. The van der Waals surface area contributed by atoms with Gasteiger partial charge in [0.25, 0.3) is 17.4 Å². The van der Waals surface area contributed by atoms with E-state index in [1.807, 2.05) is 18.2 Å². The van der Waals surface area contributed by atoms with Crippen molar-refractivity contribution in [3.63, 3.8) is 0 Å². The number of amides is 3. The van der Waals surface area contributed by atoms with E-state index in [1.165, 1.54) is 21.9 Å². The quantitative estimate of drug-likeness (QED) is 0.115. The number of hydrogen-bond donors (Lipinski definition) is 4. The van der Waals surface area contributed by atoms with Gasteiger partial charge in [0.15, 0.2) is 5.82 Å². The van der Waals surface area contributed by atoms with Crippen molar-refractivity contribution < 1.29 is 19.5 Å². The fourth-order valence-corrected chi connectivity index (χ4v) is 11.8. The lowest BCUT2D eigenvalue weighted by Crippen LogP contribution is -2.58. The van der Waals surface area contributed by atoms with Crippen molar-refractivity contribution in [2.24, 2.45) is 12.5 Å². The van der Waals surface area contributed by atoms with Gasteiger partial charge in [-0.15, -0.1) is 0 Å². The summed E-state index contributed by atoms with van der Waals surface area (Å²) in [4.78, 5) is 72.2. The highest BCUT2D eigenvalue weighted by atomic mass is 16.3. The van der Waals surface area contributed by atoms with Crippen LogP contribution in [0.2, 0.25) is 0 Å². The Morgan fingerprint density at radius 2 is 1.75 bits per heavy atom. The number of carbonyl (C=O) groups excluding carboxylic acids is 3. The van der Waals surface area contributed by atoms with Crippen LogP contribution in [0.4, 0.5) is 34.4 Å².